The van der Waals surface area contributed by atoms with Gasteiger partial charge in [-0.3, -0.25) is 4.79 Å². The molecule has 0 aliphatic carbocycles. The van der Waals surface area contributed by atoms with Gasteiger partial charge in [-0.25, -0.2) is 8.42 Å². The first-order valence-electron chi connectivity index (χ1n) is 10.5. The van der Waals surface area contributed by atoms with Crippen molar-refractivity contribution in [3.8, 4) is 5.75 Å². The predicted molar refractivity (Wildman–Crippen MR) is 123 cm³/mol. The Morgan fingerprint density at radius 2 is 1.90 bits per heavy atom. The van der Waals surface area contributed by atoms with Gasteiger partial charge in [0.1, 0.15) is 10.6 Å². The summed E-state index contributed by atoms with van der Waals surface area (Å²) in [5.41, 5.74) is 1.86. The highest BCUT2D eigenvalue weighted by Gasteiger charge is 2.45. The molecule has 1 spiro atoms. The standard InChI is InChI=1S/C23H28N2O4S2/c1-18-3-5-20(29-2)21(15-18)31(27,28)25-13-10-23(17-25)8-11-24(12-9-23)22(26)6-4-19-7-14-30-16-19/h3-7,14-16H,8-13,17H2,1-2H3/b6-4+. The average molecular weight is 461 g/mol. The average Bonchev–Trinajstić information content (AvgIpc) is 3.43. The van der Waals surface area contributed by atoms with E-state index < -0.39 is 10.0 Å². The van der Waals surface area contributed by atoms with Crippen molar-refractivity contribution in [2.24, 2.45) is 5.41 Å². The van der Waals surface area contributed by atoms with Gasteiger partial charge in [-0.1, -0.05) is 6.07 Å². The Hall–Kier alpha value is -2.16. The molecule has 2 saturated heterocycles. The van der Waals surface area contributed by atoms with E-state index in [2.05, 4.69) is 0 Å². The molecule has 3 heterocycles. The van der Waals surface area contributed by atoms with Crippen LogP contribution >= 0.6 is 11.3 Å². The largest absolute Gasteiger partial charge is 0.495 e. The molecule has 2 aliphatic heterocycles. The Morgan fingerprint density at radius 3 is 2.58 bits per heavy atom. The molecule has 2 aromatic rings. The highest BCUT2D eigenvalue weighted by molar-refractivity contribution is 7.89. The Balaban J connectivity index is 1.41. The van der Waals surface area contributed by atoms with Crippen molar-refractivity contribution < 1.29 is 17.9 Å². The van der Waals surface area contributed by atoms with Crippen molar-refractivity contribution >= 4 is 33.3 Å². The number of aryl methyl sites for hydroxylation is 1. The van der Waals surface area contributed by atoms with Crippen molar-refractivity contribution in [1.82, 2.24) is 9.21 Å². The van der Waals surface area contributed by atoms with Crippen LogP contribution in [0.15, 0.2) is 46.0 Å². The van der Waals surface area contributed by atoms with Crippen LogP contribution in [0.25, 0.3) is 6.08 Å². The molecule has 2 aliphatic rings. The summed E-state index contributed by atoms with van der Waals surface area (Å²) in [5.74, 6) is 0.400. The number of rotatable bonds is 5. The summed E-state index contributed by atoms with van der Waals surface area (Å²) in [5, 5.41) is 3.99. The summed E-state index contributed by atoms with van der Waals surface area (Å²) in [6.07, 6.45) is 5.95. The van der Waals surface area contributed by atoms with Crippen LogP contribution in [0.5, 0.6) is 5.75 Å². The third-order valence-electron chi connectivity index (χ3n) is 6.44. The van der Waals surface area contributed by atoms with Crippen LogP contribution in [0.2, 0.25) is 0 Å². The number of benzene rings is 1. The van der Waals surface area contributed by atoms with Gasteiger partial charge in [-0.15, -0.1) is 0 Å². The second-order valence-corrected chi connectivity index (χ2v) is 11.1. The minimum Gasteiger partial charge on any atom is -0.495 e. The summed E-state index contributed by atoms with van der Waals surface area (Å²) in [6, 6.07) is 7.22. The number of piperidine rings is 1. The van der Waals surface area contributed by atoms with Crippen molar-refractivity contribution in [1.29, 1.82) is 0 Å². The maximum absolute atomic E-state index is 13.3. The number of hydrogen-bond acceptors (Lipinski definition) is 5. The minimum atomic E-state index is -3.63. The van der Waals surface area contributed by atoms with Gasteiger partial charge in [0.05, 0.1) is 7.11 Å². The fraction of sp³-hybridized carbons (Fsp3) is 0.435. The maximum Gasteiger partial charge on any atom is 0.246 e. The molecule has 0 N–H and O–H groups in total. The second kappa shape index (κ2) is 8.76. The van der Waals surface area contributed by atoms with Gasteiger partial charge in [0.2, 0.25) is 15.9 Å². The van der Waals surface area contributed by atoms with Crippen molar-refractivity contribution in [3.63, 3.8) is 0 Å². The van der Waals surface area contributed by atoms with Gasteiger partial charge < -0.3 is 9.64 Å². The third kappa shape index (κ3) is 4.56. The zero-order chi connectivity index (χ0) is 22.1. The topological polar surface area (TPSA) is 66.9 Å². The van der Waals surface area contributed by atoms with Crippen LogP contribution in [0.3, 0.4) is 0 Å². The molecule has 1 amide bonds. The number of amides is 1. The van der Waals surface area contributed by atoms with Crippen LogP contribution in [0, 0.1) is 12.3 Å². The first-order valence-corrected chi connectivity index (χ1v) is 12.9. The monoisotopic (exact) mass is 460 g/mol. The van der Waals surface area contributed by atoms with Gasteiger partial charge in [-0.2, -0.15) is 15.6 Å². The molecule has 4 rings (SSSR count). The molecule has 8 heteroatoms. The number of hydrogen-bond donors (Lipinski definition) is 0. The predicted octanol–water partition coefficient (Wildman–Crippen LogP) is 3.78. The molecule has 1 aromatic carbocycles. The molecule has 0 radical (unpaired) electrons. The molecule has 0 bridgehead atoms. The van der Waals surface area contributed by atoms with E-state index in [0.29, 0.717) is 31.9 Å². The maximum atomic E-state index is 13.3. The Kier molecular flexibility index (Phi) is 6.23. The Bertz CT molecular complexity index is 1070. The number of sulfonamides is 1. The fourth-order valence-corrected chi connectivity index (χ4v) is 6.90. The van der Waals surface area contributed by atoms with E-state index in [1.165, 1.54) is 7.11 Å². The van der Waals surface area contributed by atoms with Gasteiger partial charge in [0, 0.05) is 32.3 Å². The van der Waals surface area contributed by atoms with Crippen LogP contribution < -0.4 is 4.74 Å². The molecular weight excluding hydrogens is 432 g/mol. The lowest BCUT2D eigenvalue weighted by Gasteiger charge is -2.39. The van der Waals surface area contributed by atoms with E-state index in [1.54, 1.807) is 33.9 Å². The quantitative estimate of drug-likeness (QED) is 0.637. The lowest BCUT2D eigenvalue weighted by Crippen LogP contribution is -2.44. The summed E-state index contributed by atoms with van der Waals surface area (Å²) in [6.45, 7) is 4.21. The number of thiophene rings is 1. The van der Waals surface area contributed by atoms with Gasteiger partial charge >= 0.3 is 0 Å². The van der Waals surface area contributed by atoms with E-state index >= 15 is 0 Å². The lowest BCUT2D eigenvalue weighted by atomic mass is 9.78. The molecule has 0 saturated carbocycles. The zero-order valence-corrected chi connectivity index (χ0v) is 19.5. The third-order valence-corrected chi connectivity index (χ3v) is 9.01. The van der Waals surface area contributed by atoms with Crippen LogP contribution in [0.4, 0.5) is 0 Å². The Labute approximate surface area is 188 Å². The van der Waals surface area contributed by atoms with E-state index in [0.717, 1.165) is 30.4 Å². The molecular formula is C23H28N2O4S2. The smallest absolute Gasteiger partial charge is 0.246 e. The number of nitrogens with zero attached hydrogens (tertiary/aromatic N) is 2. The second-order valence-electron chi connectivity index (χ2n) is 8.46. The van der Waals surface area contributed by atoms with E-state index in [-0.39, 0.29) is 16.2 Å². The van der Waals surface area contributed by atoms with Gasteiger partial charge in [0.25, 0.3) is 0 Å². The number of ether oxygens (including phenoxy) is 1. The Morgan fingerprint density at radius 1 is 1.16 bits per heavy atom. The molecule has 2 fully saturated rings. The van der Waals surface area contributed by atoms with E-state index in [4.69, 9.17) is 4.74 Å². The number of carbonyl (C=O) groups is 1. The normalized spacial score (nSPS) is 19.4. The van der Waals surface area contributed by atoms with Crippen molar-refractivity contribution in [3.05, 3.63) is 52.2 Å². The van der Waals surface area contributed by atoms with Crippen molar-refractivity contribution in [2.45, 2.75) is 31.1 Å². The van der Waals surface area contributed by atoms with Crippen LogP contribution in [0.1, 0.15) is 30.4 Å². The fourth-order valence-electron chi connectivity index (χ4n) is 4.48. The number of methoxy groups -OCH3 is 1. The van der Waals surface area contributed by atoms with Crippen molar-refractivity contribution in [2.75, 3.05) is 33.3 Å². The van der Waals surface area contributed by atoms with Crippen LogP contribution in [-0.4, -0.2) is 56.8 Å². The minimum absolute atomic E-state index is 0.0213. The first-order chi connectivity index (χ1) is 14.8. The lowest BCUT2D eigenvalue weighted by molar-refractivity contribution is -0.128. The highest BCUT2D eigenvalue weighted by Crippen LogP contribution is 2.43. The zero-order valence-electron chi connectivity index (χ0n) is 17.9. The van der Waals surface area contributed by atoms with Gasteiger partial charge in [0.15, 0.2) is 0 Å². The summed E-state index contributed by atoms with van der Waals surface area (Å²) in [4.78, 5) is 14.6. The van der Waals surface area contributed by atoms with Crippen LogP contribution in [-0.2, 0) is 14.8 Å². The molecule has 1 aromatic heterocycles. The molecule has 0 atom stereocenters. The summed E-state index contributed by atoms with van der Waals surface area (Å²) < 4.78 is 33.6. The molecule has 0 unspecified atom stereocenters. The van der Waals surface area contributed by atoms with Gasteiger partial charge in [-0.05, 0) is 77.8 Å². The summed E-state index contributed by atoms with van der Waals surface area (Å²) in [7, 11) is -2.13. The molecule has 166 valence electrons. The summed E-state index contributed by atoms with van der Waals surface area (Å²) >= 11 is 1.61. The van der Waals surface area contributed by atoms with E-state index in [9.17, 15) is 13.2 Å². The number of carbonyl (C=O) groups excluding carboxylic acids is 1. The molecule has 6 nitrogen and oxygen atoms in total. The SMILES string of the molecule is COc1ccc(C)cc1S(=O)(=O)N1CCC2(CCN(C(=O)/C=C/c3ccsc3)CC2)C1. The molecule has 31 heavy (non-hydrogen) atoms. The highest BCUT2D eigenvalue weighted by atomic mass is 32.2. The first kappa shape index (κ1) is 22.0. The van der Waals surface area contributed by atoms with E-state index in [1.807, 2.05) is 40.8 Å². The number of likely N-dealkylation sites (tertiary alicyclic amines) is 1.